The molecule has 0 aliphatic carbocycles. The minimum atomic E-state index is -0.0671. The zero-order chi connectivity index (χ0) is 10.6. The van der Waals surface area contributed by atoms with E-state index in [-0.39, 0.29) is 5.91 Å². The molecule has 0 unspecified atom stereocenters. The molecule has 1 aromatic carbocycles. The Labute approximate surface area is 93.2 Å². The Morgan fingerprint density at radius 1 is 1.36 bits per heavy atom. The molecule has 0 saturated carbocycles. The first-order valence-corrected chi connectivity index (χ1v) is 5.14. The maximum absolute atomic E-state index is 11.3. The molecule has 0 heterocycles. The van der Waals surface area contributed by atoms with Gasteiger partial charge in [-0.15, -0.1) is 0 Å². The number of hydrogen-bond acceptors (Lipinski definition) is 1. The van der Waals surface area contributed by atoms with Crippen molar-refractivity contribution in [1.82, 2.24) is 0 Å². The Bertz CT molecular complexity index is 319. The highest BCUT2D eigenvalue weighted by Crippen LogP contribution is 2.29. The molecule has 1 rings (SSSR count). The first kappa shape index (κ1) is 11.3. The van der Waals surface area contributed by atoms with E-state index in [9.17, 15) is 4.79 Å². The van der Waals surface area contributed by atoms with Gasteiger partial charge in [-0.1, -0.05) is 36.2 Å². The SMILES string of the molecule is CCCC(=O)Nc1c(Cl)cccc1Cl. The summed E-state index contributed by atoms with van der Waals surface area (Å²) in [6.45, 7) is 1.94. The summed E-state index contributed by atoms with van der Waals surface area (Å²) in [6, 6.07) is 5.12. The second kappa shape index (κ2) is 5.23. The van der Waals surface area contributed by atoms with Crippen LogP contribution in [0.2, 0.25) is 10.0 Å². The molecular formula is C10H11Cl2NO. The van der Waals surface area contributed by atoms with Crippen LogP contribution < -0.4 is 5.32 Å². The molecule has 1 aromatic rings. The fourth-order valence-corrected chi connectivity index (χ4v) is 1.54. The third-order valence-corrected chi connectivity index (χ3v) is 2.33. The number of benzene rings is 1. The summed E-state index contributed by atoms with van der Waals surface area (Å²) >= 11 is 11.7. The summed E-state index contributed by atoms with van der Waals surface area (Å²) < 4.78 is 0. The van der Waals surface area contributed by atoms with E-state index in [2.05, 4.69) is 5.32 Å². The molecule has 0 atom stereocenters. The number of amides is 1. The summed E-state index contributed by atoms with van der Waals surface area (Å²) in [7, 11) is 0. The maximum atomic E-state index is 11.3. The van der Waals surface area contributed by atoms with Gasteiger partial charge < -0.3 is 5.32 Å². The molecule has 14 heavy (non-hydrogen) atoms. The Kier molecular flexibility index (Phi) is 4.23. The highest BCUT2D eigenvalue weighted by Gasteiger charge is 2.07. The van der Waals surface area contributed by atoms with E-state index < -0.39 is 0 Å². The number of carbonyl (C=O) groups is 1. The summed E-state index contributed by atoms with van der Waals surface area (Å²) in [5.41, 5.74) is 0.495. The van der Waals surface area contributed by atoms with Gasteiger partial charge in [-0.05, 0) is 18.6 Å². The van der Waals surface area contributed by atoms with Crippen LogP contribution in [-0.2, 0) is 4.79 Å². The predicted molar refractivity (Wildman–Crippen MR) is 60.0 cm³/mol. The quantitative estimate of drug-likeness (QED) is 0.845. The first-order valence-electron chi connectivity index (χ1n) is 4.39. The number of halogens is 2. The van der Waals surface area contributed by atoms with Crippen LogP contribution in [0, 0.1) is 0 Å². The van der Waals surface area contributed by atoms with Crippen LogP contribution in [0.25, 0.3) is 0 Å². The number of nitrogens with one attached hydrogen (secondary N) is 1. The van der Waals surface area contributed by atoms with E-state index in [0.717, 1.165) is 6.42 Å². The van der Waals surface area contributed by atoms with Crippen molar-refractivity contribution in [2.24, 2.45) is 0 Å². The number of para-hydroxylation sites is 1. The molecular weight excluding hydrogens is 221 g/mol. The van der Waals surface area contributed by atoms with Gasteiger partial charge in [-0.2, -0.15) is 0 Å². The van der Waals surface area contributed by atoms with Gasteiger partial charge in [0.15, 0.2) is 0 Å². The average molecular weight is 232 g/mol. The topological polar surface area (TPSA) is 29.1 Å². The highest BCUT2D eigenvalue weighted by molar-refractivity contribution is 6.39. The van der Waals surface area contributed by atoms with Crippen LogP contribution in [-0.4, -0.2) is 5.91 Å². The van der Waals surface area contributed by atoms with E-state index in [1.54, 1.807) is 18.2 Å². The molecule has 0 aliphatic rings. The number of rotatable bonds is 3. The van der Waals surface area contributed by atoms with Gasteiger partial charge in [0.05, 0.1) is 15.7 Å². The minimum absolute atomic E-state index is 0.0671. The molecule has 4 heteroatoms. The molecule has 0 saturated heterocycles. The molecule has 76 valence electrons. The molecule has 0 fully saturated rings. The molecule has 1 N–H and O–H groups in total. The van der Waals surface area contributed by atoms with Crippen LogP contribution in [0.5, 0.6) is 0 Å². The zero-order valence-corrected chi connectivity index (χ0v) is 9.32. The van der Waals surface area contributed by atoms with Gasteiger partial charge in [-0.25, -0.2) is 0 Å². The largest absolute Gasteiger partial charge is 0.324 e. The van der Waals surface area contributed by atoms with Crippen molar-refractivity contribution in [2.45, 2.75) is 19.8 Å². The average Bonchev–Trinajstić information content (AvgIpc) is 2.12. The van der Waals surface area contributed by atoms with E-state index in [0.29, 0.717) is 22.2 Å². The van der Waals surface area contributed by atoms with Crippen molar-refractivity contribution in [3.05, 3.63) is 28.2 Å². The summed E-state index contributed by atoms with van der Waals surface area (Å²) in [5, 5.41) is 3.60. The molecule has 1 amide bonds. The van der Waals surface area contributed by atoms with Gasteiger partial charge in [-0.3, -0.25) is 4.79 Å². The van der Waals surface area contributed by atoms with Crippen molar-refractivity contribution in [2.75, 3.05) is 5.32 Å². The second-order valence-corrected chi connectivity index (χ2v) is 3.71. The van der Waals surface area contributed by atoms with E-state index in [1.165, 1.54) is 0 Å². The summed E-state index contributed by atoms with van der Waals surface area (Å²) in [4.78, 5) is 11.3. The van der Waals surface area contributed by atoms with Gasteiger partial charge in [0, 0.05) is 6.42 Å². The lowest BCUT2D eigenvalue weighted by Crippen LogP contribution is -2.11. The first-order chi connectivity index (χ1) is 6.65. The van der Waals surface area contributed by atoms with Crippen LogP contribution in [0.3, 0.4) is 0 Å². The van der Waals surface area contributed by atoms with Gasteiger partial charge in [0.1, 0.15) is 0 Å². The third-order valence-electron chi connectivity index (χ3n) is 1.70. The van der Waals surface area contributed by atoms with E-state index in [1.807, 2.05) is 6.92 Å². The van der Waals surface area contributed by atoms with Crippen molar-refractivity contribution >= 4 is 34.8 Å². The lowest BCUT2D eigenvalue weighted by Gasteiger charge is -2.07. The minimum Gasteiger partial charge on any atom is -0.324 e. The molecule has 2 nitrogen and oxygen atoms in total. The summed E-state index contributed by atoms with van der Waals surface area (Å²) in [6.07, 6.45) is 1.27. The summed E-state index contributed by atoms with van der Waals surface area (Å²) in [5.74, 6) is -0.0671. The maximum Gasteiger partial charge on any atom is 0.224 e. The zero-order valence-electron chi connectivity index (χ0n) is 7.81. The Morgan fingerprint density at radius 2 is 1.93 bits per heavy atom. The number of hydrogen-bond donors (Lipinski definition) is 1. The van der Waals surface area contributed by atoms with Crippen molar-refractivity contribution in [3.8, 4) is 0 Å². The fraction of sp³-hybridized carbons (Fsp3) is 0.300. The van der Waals surface area contributed by atoms with Crippen LogP contribution in [0.1, 0.15) is 19.8 Å². The van der Waals surface area contributed by atoms with Crippen LogP contribution in [0.4, 0.5) is 5.69 Å². The molecule has 0 aliphatic heterocycles. The van der Waals surface area contributed by atoms with Crippen LogP contribution in [0.15, 0.2) is 18.2 Å². The van der Waals surface area contributed by atoms with Gasteiger partial charge >= 0.3 is 0 Å². The Balaban J connectivity index is 2.80. The Morgan fingerprint density at radius 3 is 2.43 bits per heavy atom. The smallest absolute Gasteiger partial charge is 0.224 e. The normalized spacial score (nSPS) is 9.93. The molecule has 0 radical (unpaired) electrons. The predicted octanol–water partition coefficient (Wildman–Crippen LogP) is 3.73. The number of carbonyl (C=O) groups excluding carboxylic acids is 1. The monoisotopic (exact) mass is 231 g/mol. The lowest BCUT2D eigenvalue weighted by molar-refractivity contribution is -0.116. The molecule has 0 spiro atoms. The Hall–Kier alpha value is -0.730. The third kappa shape index (κ3) is 2.89. The van der Waals surface area contributed by atoms with Crippen molar-refractivity contribution in [1.29, 1.82) is 0 Å². The van der Waals surface area contributed by atoms with E-state index in [4.69, 9.17) is 23.2 Å². The fourth-order valence-electron chi connectivity index (χ4n) is 1.05. The van der Waals surface area contributed by atoms with Gasteiger partial charge in [0.2, 0.25) is 5.91 Å². The van der Waals surface area contributed by atoms with Gasteiger partial charge in [0.25, 0.3) is 0 Å². The van der Waals surface area contributed by atoms with Crippen LogP contribution >= 0.6 is 23.2 Å². The molecule has 0 aromatic heterocycles. The van der Waals surface area contributed by atoms with Crippen molar-refractivity contribution < 1.29 is 4.79 Å². The number of anilines is 1. The van der Waals surface area contributed by atoms with Crippen molar-refractivity contribution in [3.63, 3.8) is 0 Å². The molecule has 0 bridgehead atoms. The highest BCUT2D eigenvalue weighted by atomic mass is 35.5. The lowest BCUT2D eigenvalue weighted by atomic mass is 10.3. The standard InChI is InChI=1S/C10H11Cl2NO/c1-2-4-9(14)13-10-7(11)5-3-6-8(10)12/h3,5-6H,2,4H2,1H3,(H,13,14). The van der Waals surface area contributed by atoms with E-state index >= 15 is 0 Å². The second-order valence-electron chi connectivity index (χ2n) is 2.89.